The molecule has 0 saturated carbocycles. The second-order valence-corrected chi connectivity index (χ2v) is 11.0. The van der Waals surface area contributed by atoms with Crippen LogP contribution in [-0.4, -0.2) is 41.3 Å². The highest BCUT2D eigenvalue weighted by Crippen LogP contribution is 2.33. The van der Waals surface area contributed by atoms with Crippen LogP contribution in [-0.2, 0) is 6.61 Å². The van der Waals surface area contributed by atoms with E-state index in [2.05, 4.69) is 44.5 Å². The number of aromatic hydroxyl groups is 1. The van der Waals surface area contributed by atoms with Crippen LogP contribution in [0.4, 0.5) is 11.4 Å². The fraction of sp³-hybridized carbons (Fsp3) is 0.133. The lowest BCUT2D eigenvalue weighted by atomic mass is 10.2. The van der Waals surface area contributed by atoms with Crippen molar-refractivity contribution >= 4 is 54.5 Å². The standard InChI is InChI=1S/C16H16N2OS.C14H12N2OS/c1-18(2)13-6-4-12(5-7-13)16-17-14-8-3-11(10-19)9-15(14)20-16;1-15-10-4-2-9(3-5-10)14-16-12-7-6-11(17)8-13(12)18-14/h3-9,19H,10H2,1-2H3;2-8,15,17H,1H3/i1-1;. The molecule has 0 atom stereocenters. The Morgan fingerprint density at radius 2 is 1.29 bits per heavy atom. The number of hydrogen-bond donors (Lipinski definition) is 3. The Bertz CT molecular complexity index is 1670. The molecule has 0 bridgehead atoms. The first-order valence-corrected chi connectivity index (χ1v) is 13.7. The van der Waals surface area contributed by atoms with E-state index >= 15 is 0 Å². The molecule has 8 heteroatoms. The van der Waals surface area contributed by atoms with E-state index in [4.69, 9.17) is 0 Å². The number of anilines is 2. The van der Waals surface area contributed by atoms with E-state index in [1.165, 1.54) is 5.69 Å². The molecule has 2 heterocycles. The van der Waals surface area contributed by atoms with Crippen molar-refractivity contribution in [2.24, 2.45) is 0 Å². The molecule has 0 spiro atoms. The molecule has 0 radical (unpaired) electrons. The maximum Gasteiger partial charge on any atom is 0.124 e. The van der Waals surface area contributed by atoms with Crippen LogP contribution in [0.2, 0.25) is 0 Å². The van der Waals surface area contributed by atoms with E-state index in [9.17, 15) is 10.2 Å². The average Bonchev–Trinajstić information content (AvgIpc) is 3.57. The van der Waals surface area contributed by atoms with Crippen LogP contribution in [0.15, 0.2) is 84.9 Å². The number of nitrogens with one attached hydrogen (secondary N) is 1. The van der Waals surface area contributed by atoms with E-state index in [0.29, 0.717) is 0 Å². The molecule has 0 saturated heterocycles. The molecule has 38 heavy (non-hydrogen) atoms. The molecule has 6 rings (SSSR count). The number of phenolic OH excluding ortho intramolecular Hbond substituents is 1. The SMILES string of the molecule is CN([11CH3])c1ccc(-c2nc3ccc(CO)cc3s2)cc1.CNc1ccc(-c2nc3ccc(O)cc3s2)cc1. The molecular weight excluding hydrogens is 511 g/mol. The minimum atomic E-state index is 0.0701. The van der Waals surface area contributed by atoms with Crippen molar-refractivity contribution in [2.75, 3.05) is 31.4 Å². The number of thiazole rings is 2. The third kappa shape index (κ3) is 5.62. The summed E-state index contributed by atoms with van der Waals surface area (Å²) in [5.41, 5.74) is 7.31. The summed E-state index contributed by atoms with van der Waals surface area (Å²) in [6.45, 7) is 0.0701. The predicted molar refractivity (Wildman–Crippen MR) is 162 cm³/mol. The fourth-order valence-corrected chi connectivity index (χ4v) is 5.95. The first-order chi connectivity index (χ1) is 18.4. The van der Waals surface area contributed by atoms with Crippen LogP contribution in [0.1, 0.15) is 5.56 Å². The molecule has 0 amide bonds. The van der Waals surface area contributed by atoms with Gasteiger partial charge in [0, 0.05) is 43.6 Å². The number of fused-ring (bicyclic) bond motifs is 2. The van der Waals surface area contributed by atoms with Crippen LogP contribution < -0.4 is 10.2 Å². The van der Waals surface area contributed by atoms with Gasteiger partial charge in [0.05, 0.1) is 27.0 Å². The van der Waals surface area contributed by atoms with Gasteiger partial charge in [-0.05, 0) is 84.4 Å². The van der Waals surface area contributed by atoms with Gasteiger partial charge in [0.15, 0.2) is 0 Å². The van der Waals surface area contributed by atoms with E-state index in [1.54, 1.807) is 34.8 Å². The molecule has 0 aliphatic heterocycles. The molecule has 3 N–H and O–H groups in total. The molecule has 4 aromatic carbocycles. The lowest BCUT2D eigenvalue weighted by Gasteiger charge is -2.11. The quantitative estimate of drug-likeness (QED) is 0.214. The molecule has 0 fully saturated rings. The zero-order chi connectivity index (χ0) is 26.6. The van der Waals surface area contributed by atoms with E-state index in [0.717, 1.165) is 52.8 Å². The summed E-state index contributed by atoms with van der Waals surface area (Å²) in [4.78, 5) is 11.3. The lowest BCUT2D eigenvalue weighted by molar-refractivity contribution is 0.282. The van der Waals surface area contributed by atoms with Crippen LogP contribution in [0.3, 0.4) is 0 Å². The summed E-state index contributed by atoms with van der Waals surface area (Å²) < 4.78 is 2.12. The fourth-order valence-electron chi connectivity index (χ4n) is 3.91. The lowest BCUT2D eigenvalue weighted by Crippen LogP contribution is -2.07. The van der Waals surface area contributed by atoms with Crippen molar-refractivity contribution in [3.05, 3.63) is 90.5 Å². The van der Waals surface area contributed by atoms with Crippen molar-refractivity contribution < 1.29 is 10.2 Å². The molecule has 6 nitrogen and oxygen atoms in total. The van der Waals surface area contributed by atoms with Crippen molar-refractivity contribution in [1.29, 1.82) is 0 Å². The molecule has 0 aliphatic carbocycles. The first-order valence-electron chi connectivity index (χ1n) is 12.1. The van der Waals surface area contributed by atoms with E-state index in [-0.39, 0.29) is 12.4 Å². The third-order valence-electron chi connectivity index (χ3n) is 6.06. The van der Waals surface area contributed by atoms with Crippen molar-refractivity contribution in [3.8, 4) is 26.9 Å². The van der Waals surface area contributed by atoms with Gasteiger partial charge in [-0.1, -0.05) is 6.07 Å². The monoisotopic (exact) mass is 539 g/mol. The van der Waals surface area contributed by atoms with Crippen LogP contribution in [0.5, 0.6) is 5.75 Å². The first kappa shape index (κ1) is 25.7. The van der Waals surface area contributed by atoms with Gasteiger partial charge < -0.3 is 20.4 Å². The second-order valence-electron chi connectivity index (χ2n) is 8.92. The number of rotatable bonds is 5. The number of hydrogen-bond acceptors (Lipinski definition) is 8. The minimum absolute atomic E-state index is 0.0701. The van der Waals surface area contributed by atoms with Gasteiger partial charge >= 0.3 is 0 Å². The second kappa shape index (κ2) is 11.2. The zero-order valence-electron chi connectivity index (χ0n) is 21.3. The van der Waals surface area contributed by atoms with Gasteiger partial charge in [-0.3, -0.25) is 0 Å². The number of benzene rings is 4. The Morgan fingerprint density at radius 1 is 0.737 bits per heavy atom. The summed E-state index contributed by atoms with van der Waals surface area (Å²) in [6, 6.07) is 27.7. The highest BCUT2D eigenvalue weighted by Gasteiger charge is 2.08. The normalized spacial score (nSPS) is 10.8. The average molecular weight is 540 g/mol. The summed E-state index contributed by atoms with van der Waals surface area (Å²) in [7, 11) is 5.96. The maximum absolute atomic E-state index is 9.45. The van der Waals surface area contributed by atoms with Gasteiger partial charge in [-0.15, -0.1) is 22.7 Å². The Hall–Kier alpha value is -3.98. The van der Waals surface area contributed by atoms with Crippen LogP contribution in [0, 0.1) is 0 Å². The number of aliphatic hydroxyl groups is 1. The van der Waals surface area contributed by atoms with Crippen LogP contribution >= 0.6 is 22.7 Å². The Labute approximate surface area is 229 Å². The van der Waals surface area contributed by atoms with Crippen molar-refractivity contribution in [1.82, 2.24) is 9.97 Å². The number of nitrogens with zero attached hydrogens (tertiary/aromatic N) is 3. The van der Waals surface area contributed by atoms with Gasteiger partial charge in [-0.25, -0.2) is 9.97 Å². The Kier molecular flexibility index (Phi) is 7.55. The highest BCUT2D eigenvalue weighted by molar-refractivity contribution is 7.22. The number of phenols is 1. The minimum Gasteiger partial charge on any atom is -0.508 e. The molecule has 0 unspecified atom stereocenters. The Morgan fingerprint density at radius 3 is 1.84 bits per heavy atom. The zero-order valence-corrected chi connectivity index (χ0v) is 23.0. The van der Waals surface area contributed by atoms with Gasteiger partial charge in [0.1, 0.15) is 15.8 Å². The summed E-state index contributed by atoms with van der Waals surface area (Å²) in [5, 5.41) is 23.7. The van der Waals surface area contributed by atoms with Gasteiger partial charge in [-0.2, -0.15) is 0 Å². The molecule has 0 aliphatic rings. The third-order valence-corrected chi connectivity index (χ3v) is 8.19. The van der Waals surface area contributed by atoms with E-state index in [1.807, 2.05) is 69.7 Å². The predicted octanol–water partition coefficient (Wildman–Crippen LogP) is 7.23. The molecule has 192 valence electrons. The smallest absolute Gasteiger partial charge is 0.124 e. The topological polar surface area (TPSA) is 81.5 Å². The Balaban J connectivity index is 0.000000156. The largest absolute Gasteiger partial charge is 0.508 e. The molecule has 2 aromatic heterocycles. The van der Waals surface area contributed by atoms with Crippen LogP contribution in [0.25, 0.3) is 41.6 Å². The highest BCUT2D eigenvalue weighted by atomic mass is 32.1. The van der Waals surface area contributed by atoms with Gasteiger partial charge in [0.25, 0.3) is 0 Å². The van der Waals surface area contributed by atoms with Crippen molar-refractivity contribution in [3.63, 3.8) is 0 Å². The van der Waals surface area contributed by atoms with Gasteiger partial charge in [0.2, 0.25) is 0 Å². The maximum atomic E-state index is 9.45. The summed E-state index contributed by atoms with van der Waals surface area (Å²) in [5.74, 6) is 0.281. The molecular formula is C30H28N4O2S2. The summed E-state index contributed by atoms with van der Waals surface area (Å²) in [6.07, 6.45) is 0. The van der Waals surface area contributed by atoms with E-state index < -0.39 is 0 Å². The molecule has 6 aromatic rings. The summed E-state index contributed by atoms with van der Waals surface area (Å²) >= 11 is 3.24. The van der Waals surface area contributed by atoms with Crippen molar-refractivity contribution in [2.45, 2.75) is 6.61 Å². The number of aromatic nitrogens is 2. The number of aliphatic hydroxyl groups excluding tert-OH is 1.